The summed E-state index contributed by atoms with van der Waals surface area (Å²) in [5, 5.41) is 1.87. The third-order valence-electron chi connectivity index (χ3n) is 10.4. The van der Waals surface area contributed by atoms with Crippen LogP contribution in [-0.4, -0.2) is 15.0 Å². The second kappa shape index (κ2) is 10.6. The molecule has 7 aromatic carbocycles. The first-order valence-corrected chi connectivity index (χ1v) is 17.1. The van der Waals surface area contributed by atoms with Crippen LogP contribution in [0.5, 0.6) is 11.5 Å². The van der Waals surface area contributed by atoms with E-state index in [0.717, 1.165) is 61.3 Å². The van der Waals surface area contributed by atoms with Crippen molar-refractivity contribution in [2.45, 2.75) is 5.41 Å². The summed E-state index contributed by atoms with van der Waals surface area (Å²) in [5.41, 5.74) is 10.8. The van der Waals surface area contributed by atoms with Gasteiger partial charge in [-0.25, -0.2) is 15.0 Å². The molecule has 11 rings (SSSR count). The van der Waals surface area contributed by atoms with Crippen molar-refractivity contribution < 1.29 is 9.15 Å². The van der Waals surface area contributed by atoms with Gasteiger partial charge in [-0.2, -0.15) is 0 Å². The number of furan rings is 1. The van der Waals surface area contributed by atoms with Gasteiger partial charge in [-0.15, -0.1) is 0 Å². The highest BCUT2D eigenvalue weighted by Gasteiger charge is 2.51. The maximum atomic E-state index is 6.84. The summed E-state index contributed by atoms with van der Waals surface area (Å²) in [5.74, 6) is 3.46. The zero-order valence-electron chi connectivity index (χ0n) is 27.2. The first kappa shape index (κ1) is 28.0. The van der Waals surface area contributed by atoms with E-state index in [1.807, 2.05) is 78.9 Å². The van der Waals surface area contributed by atoms with Gasteiger partial charge >= 0.3 is 0 Å². The van der Waals surface area contributed by atoms with Gasteiger partial charge in [0.2, 0.25) is 0 Å². The van der Waals surface area contributed by atoms with Crippen LogP contribution in [0.3, 0.4) is 0 Å². The number of hydrogen-bond acceptors (Lipinski definition) is 5. The topological polar surface area (TPSA) is 61.0 Å². The second-order valence-electron chi connectivity index (χ2n) is 13.1. The summed E-state index contributed by atoms with van der Waals surface area (Å²) in [6.07, 6.45) is 0. The highest BCUT2D eigenvalue weighted by molar-refractivity contribution is 6.13. The van der Waals surface area contributed by atoms with Crippen molar-refractivity contribution in [3.05, 3.63) is 186 Å². The Kier molecular flexibility index (Phi) is 5.81. The molecule has 238 valence electrons. The number of ether oxygens (including phenoxy) is 1. The minimum absolute atomic E-state index is 0.573. The zero-order chi connectivity index (χ0) is 33.5. The highest BCUT2D eigenvalue weighted by Crippen LogP contribution is 2.62. The lowest BCUT2D eigenvalue weighted by molar-refractivity contribution is 0.437. The highest BCUT2D eigenvalue weighted by atomic mass is 16.5. The number of rotatable bonds is 3. The molecule has 0 saturated carbocycles. The van der Waals surface area contributed by atoms with Gasteiger partial charge in [-0.3, -0.25) is 0 Å². The van der Waals surface area contributed by atoms with Crippen LogP contribution in [0.4, 0.5) is 0 Å². The first-order valence-electron chi connectivity index (χ1n) is 17.1. The molecule has 3 heterocycles. The third-order valence-corrected chi connectivity index (χ3v) is 10.4. The third kappa shape index (κ3) is 3.94. The molecule has 2 aromatic heterocycles. The van der Waals surface area contributed by atoms with Crippen LogP contribution in [0, 0.1) is 0 Å². The van der Waals surface area contributed by atoms with E-state index in [9.17, 15) is 0 Å². The maximum absolute atomic E-state index is 6.84. The molecule has 0 saturated heterocycles. The van der Waals surface area contributed by atoms with Crippen molar-refractivity contribution in [3.8, 4) is 56.8 Å². The van der Waals surface area contributed by atoms with E-state index in [0.29, 0.717) is 17.5 Å². The molecule has 1 aliphatic heterocycles. The van der Waals surface area contributed by atoms with E-state index in [2.05, 4.69) is 84.9 Å². The molecule has 9 aromatic rings. The molecule has 1 aliphatic carbocycles. The van der Waals surface area contributed by atoms with Gasteiger partial charge in [-0.1, -0.05) is 140 Å². The number of aromatic nitrogens is 3. The fourth-order valence-corrected chi connectivity index (χ4v) is 8.29. The second-order valence-corrected chi connectivity index (χ2v) is 13.1. The van der Waals surface area contributed by atoms with E-state index in [-0.39, 0.29) is 0 Å². The molecular weight excluding hydrogens is 627 g/mol. The van der Waals surface area contributed by atoms with Crippen LogP contribution in [0.1, 0.15) is 22.3 Å². The normalized spacial score (nSPS) is 13.4. The Hall–Kier alpha value is -6.85. The Balaban J connectivity index is 1.19. The van der Waals surface area contributed by atoms with Crippen LogP contribution in [0.15, 0.2) is 168 Å². The Morgan fingerprint density at radius 1 is 0.392 bits per heavy atom. The quantitative estimate of drug-likeness (QED) is 0.190. The molecule has 1 spiro atoms. The molecule has 0 amide bonds. The minimum atomic E-state index is -0.573. The number of nitrogens with zero attached hydrogens (tertiary/aromatic N) is 3. The van der Waals surface area contributed by atoms with Gasteiger partial charge < -0.3 is 9.15 Å². The molecule has 0 atom stereocenters. The molecule has 0 radical (unpaired) electrons. The molecular formula is C46H27N3O2. The van der Waals surface area contributed by atoms with Gasteiger partial charge in [0.15, 0.2) is 17.5 Å². The standard InChI is InChI=1S/C46H27N3O2/c1-3-14-28(15-4-1)43-47-44(29-16-5-2-6-17-29)49-45(48-43)32-20-13-25-39-42(32)33-26-41-37(27-40(33)51-39)46(36-23-11-12-24-38(36)50-41)34-21-9-7-18-30(34)31-19-8-10-22-35(31)46/h1-27H. The smallest absolute Gasteiger partial charge is 0.164 e. The lowest BCUT2D eigenvalue weighted by Gasteiger charge is -2.39. The van der Waals surface area contributed by atoms with Crippen molar-refractivity contribution >= 4 is 21.9 Å². The Labute approximate surface area is 293 Å². The average molecular weight is 654 g/mol. The van der Waals surface area contributed by atoms with Crippen molar-refractivity contribution in [3.63, 3.8) is 0 Å². The van der Waals surface area contributed by atoms with Crippen LogP contribution >= 0.6 is 0 Å². The minimum Gasteiger partial charge on any atom is -0.457 e. The SMILES string of the molecule is c1ccc(-c2nc(-c3ccccc3)nc(-c3cccc4oc5cc6c(cc5c34)Oc3ccccc3C63c4ccccc4-c4ccccc43)n2)cc1. The monoisotopic (exact) mass is 653 g/mol. The van der Waals surface area contributed by atoms with Gasteiger partial charge in [0.25, 0.3) is 0 Å². The molecule has 0 bridgehead atoms. The molecule has 2 aliphatic rings. The van der Waals surface area contributed by atoms with E-state index in [4.69, 9.17) is 24.1 Å². The molecule has 0 unspecified atom stereocenters. The molecule has 51 heavy (non-hydrogen) atoms. The van der Waals surface area contributed by atoms with Gasteiger partial charge in [0.1, 0.15) is 22.7 Å². The van der Waals surface area contributed by atoms with Crippen LogP contribution in [0.25, 0.3) is 67.2 Å². The van der Waals surface area contributed by atoms with Crippen LogP contribution < -0.4 is 4.74 Å². The van der Waals surface area contributed by atoms with Gasteiger partial charge in [-0.05, 0) is 46.5 Å². The van der Waals surface area contributed by atoms with E-state index < -0.39 is 5.41 Å². The lowest BCUT2D eigenvalue weighted by Crippen LogP contribution is -2.32. The largest absolute Gasteiger partial charge is 0.457 e. The summed E-state index contributed by atoms with van der Waals surface area (Å²) in [6.45, 7) is 0. The van der Waals surface area contributed by atoms with Crippen LogP contribution in [0.2, 0.25) is 0 Å². The van der Waals surface area contributed by atoms with Crippen molar-refractivity contribution in [2.24, 2.45) is 0 Å². The number of hydrogen-bond donors (Lipinski definition) is 0. The van der Waals surface area contributed by atoms with Crippen molar-refractivity contribution in [2.75, 3.05) is 0 Å². The summed E-state index contributed by atoms with van der Waals surface area (Å²) in [7, 11) is 0. The Morgan fingerprint density at radius 2 is 0.941 bits per heavy atom. The van der Waals surface area contributed by atoms with E-state index >= 15 is 0 Å². The summed E-state index contributed by atoms with van der Waals surface area (Å²) in [6, 6.07) is 56.5. The summed E-state index contributed by atoms with van der Waals surface area (Å²) < 4.78 is 13.6. The van der Waals surface area contributed by atoms with Crippen LogP contribution in [-0.2, 0) is 5.41 Å². The number of para-hydroxylation sites is 1. The maximum Gasteiger partial charge on any atom is 0.164 e. The zero-order valence-corrected chi connectivity index (χ0v) is 27.2. The van der Waals surface area contributed by atoms with Crippen molar-refractivity contribution in [1.29, 1.82) is 0 Å². The summed E-state index contributed by atoms with van der Waals surface area (Å²) >= 11 is 0. The predicted molar refractivity (Wildman–Crippen MR) is 201 cm³/mol. The van der Waals surface area contributed by atoms with E-state index in [1.165, 1.54) is 22.3 Å². The summed E-state index contributed by atoms with van der Waals surface area (Å²) in [4.78, 5) is 15.1. The molecule has 0 fully saturated rings. The average Bonchev–Trinajstić information content (AvgIpc) is 3.71. The molecule has 5 nitrogen and oxygen atoms in total. The first-order chi connectivity index (χ1) is 25.3. The van der Waals surface area contributed by atoms with Gasteiger partial charge in [0.05, 0.1) is 5.41 Å². The van der Waals surface area contributed by atoms with Crippen molar-refractivity contribution in [1.82, 2.24) is 15.0 Å². The van der Waals surface area contributed by atoms with Gasteiger partial charge in [0, 0.05) is 38.6 Å². The Bertz CT molecular complexity index is 2740. The number of benzene rings is 7. The van der Waals surface area contributed by atoms with E-state index in [1.54, 1.807) is 0 Å². The fourth-order valence-electron chi connectivity index (χ4n) is 8.29. The fraction of sp³-hybridized carbons (Fsp3) is 0.0217. The molecule has 0 N–H and O–H groups in total. The number of fused-ring (bicyclic) bond motifs is 12. The molecule has 5 heteroatoms. The Morgan fingerprint density at radius 3 is 1.61 bits per heavy atom. The predicted octanol–water partition coefficient (Wildman–Crippen LogP) is 11.2. The lowest BCUT2D eigenvalue weighted by atomic mass is 9.66.